The van der Waals surface area contributed by atoms with Crippen LogP contribution >= 0.6 is 12.4 Å². The highest BCUT2D eigenvalue weighted by atomic mass is 35.5. The summed E-state index contributed by atoms with van der Waals surface area (Å²) < 4.78 is 13.7. The summed E-state index contributed by atoms with van der Waals surface area (Å²) >= 11 is 0. The molecule has 2 aliphatic rings. The third-order valence-electron chi connectivity index (χ3n) is 5.17. The molecule has 2 fully saturated rings. The Morgan fingerprint density at radius 1 is 1.24 bits per heavy atom. The zero-order valence-electron chi connectivity index (χ0n) is 14.3. The van der Waals surface area contributed by atoms with Gasteiger partial charge in [0.1, 0.15) is 5.82 Å². The largest absolute Gasteiger partial charge is 0.353 e. The number of hydrogen-bond acceptors (Lipinski definition) is 3. The summed E-state index contributed by atoms with van der Waals surface area (Å²) in [6, 6.07) is 6.15. The van der Waals surface area contributed by atoms with Crippen molar-refractivity contribution in [2.75, 3.05) is 26.2 Å². The van der Waals surface area contributed by atoms with Crippen LogP contribution in [0.2, 0.25) is 0 Å². The number of carbonyl (C=O) groups is 2. The maximum absolute atomic E-state index is 13.7. The second kappa shape index (κ2) is 8.63. The Bertz CT molecular complexity index is 616. The quantitative estimate of drug-likeness (QED) is 0.851. The Balaban J connectivity index is 0.00000225. The highest BCUT2D eigenvalue weighted by molar-refractivity contribution is 5.94. The van der Waals surface area contributed by atoms with Crippen molar-refractivity contribution in [1.82, 2.24) is 15.5 Å². The van der Waals surface area contributed by atoms with Crippen LogP contribution in [0.4, 0.5) is 4.39 Å². The van der Waals surface area contributed by atoms with E-state index in [1.54, 1.807) is 17.0 Å². The minimum absolute atomic E-state index is 0. The number of carbonyl (C=O) groups excluding carboxylic acids is 2. The molecule has 0 spiro atoms. The van der Waals surface area contributed by atoms with Gasteiger partial charge in [0.05, 0.1) is 5.56 Å². The molecule has 0 aliphatic carbocycles. The third-order valence-corrected chi connectivity index (χ3v) is 5.17. The lowest BCUT2D eigenvalue weighted by Gasteiger charge is -2.35. The molecule has 0 radical (unpaired) electrons. The molecule has 2 N–H and O–H groups in total. The molecule has 2 heterocycles. The van der Waals surface area contributed by atoms with Crippen LogP contribution in [0.1, 0.15) is 30.1 Å². The second-order valence-corrected chi connectivity index (χ2v) is 6.76. The number of rotatable bonds is 4. The molecule has 138 valence electrons. The number of benzene rings is 1. The molecule has 2 aliphatic heterocycles. The zero-order valence-corrected chi connectivity index (χ0v) is 15.2. The Morgan fingerprint density at radius 2 is 1.88 bits per heavy atom. The van der Waals surface area contributed by atoms with E-state index in [0.29, 0.717) is 31.8 Å². The van der Waals surface area contributed by atoms with Gasteiger partial charge < -0.3 is 15.5 Å². The molecule has 0 bridgehead atoms. The number of amides is 2. The van der Waals surface area contributed by atoms with Crippen LogP contribution in [0.5, 0.6) is 0 Å². The van der Waals surface area contributed by atoms with Gasteiger partial charge in [0, 0.05) is 25.0 Å². The summed E-state index contributed by atoms with van der Waals surface area (Å²) in [5, 5.41) is 6.28. The molecule has 2 amide bonds. The minimum atomic E-state index is -0.485. The van der Waals surface area contributed by atoms with Gasteiger partial charge >= 0.3 is 0 Å². The van der Waals surface area contributed by atoms with Crippen LogP contribution in [0, 0.1) is 17.7 Å². The molecule has 25 heavy (non-hydrogen) atoms. The smallest absolute Gasteiger partial charge is 0.256 e. The molecule has 2 saturated heterocycles. The average Bonchev–Trinajstić information content (AvgIpc) is 2.53. The summed E-state index contributed by atoms with van der Waals surface area (Å²) in [4.78, 5) is 26.3. The highest BCUT2D eigenvalue weighted by Crippen LogP contribution is 2.19. The van der Waals surface area contributed by atoms with Crippen molar-refractivity contribution in [1.29, 1.82) is 0 Å². The van der Waals surface area contributed by atoms with Crippen molar-refractivity contribution in [3.8, 4) is 0 Å². The van der Waals surface area contributed by atoms with Crippen molar-refractivity contribution in [3.05, 3.63) is 35.6 Å². The van der Waals surface area contributed by atoms with Crippen LogP contribution in [-0.2, 0) is 4.79 Å². The van der Waals surface area contributed by atoms with E-state index in [9.17, 15) is 14.0 Å². The molecule has 1 unspecified atom stereocenters. The normalized spacial score (nSPS) is 19.5. The summed E-state index contributed by atoms with van der Waals surface area (Å²) in [5.74, 6) is -0.218. The lowest BCUT2D eigenvalue weighted by Crippen LogP contribution is -2.52. The topological polar surface area (TPSA) is 61.4 Å². The van der Waals surface area contributed by atoms with E-state index in [4.69, 9.17) is 0 Å². The average molecular weight is 370 g/mol. The van der Waals surface area contributed by atoms with Crippen LogP contribution in [-0.4, -0.2) is 48.9 Å². The summed E-state index contributed by atoms with van der Waals surface area (Å²) in [6.07, 6.45) is 1.42. The third kappa shape index (κ3) is 4.50. The van der Waals surface area contributed by atoms with Crippen molar-refractivity contribution in [3.63, 3.8) is 0 Å². The number of halogens is 2. The van der Waals surface area contributed by atoms with Gasteiger partial charge in [-0.2, -0.15) is 0 Å². The number of nitrogens with one attached hydrogen (secondary N) is 2. The predicted octanol–water partition coefficient (Wildman–Crippen LogP) is 1.82. The highest BCUT2D eigenvalue weighted by Gasteiger charge is 2.31. The molecule has 3 rings (SSSR count). The van der Waals surface area contributed by atoms with Gasteiger partial charge in [-0.05, 0) is 44.0 Å². The molecule has 0 saturated carbocycles. The lowest BCUT2D eigenvalue weighted by molar-refractivity contribution is -0.127. The molecular weight excluding hydrogens is 345 g/mol. The van der Waals surface area contributed by atoms with E-state index in [0.717, 1.165) is 13.1 Å². The zero-order chi connectivity index (χ0) is 17.1. The summed E-state index contributed by atoms with van der Waals surface area (Å²) in [5.41, 5.74) is 0.117. The van der Waals surface area contributed by atoms with Crippen molar-refractivity contribution in [2.24, 2.45) is 11.8 Å². The fourth-order valence-corrected chi connectivity index (χ4v) is 3.24. The first-order chi connectivity index (χ1) is 11.6. The van der Waals surface area contributed by atoms with E-state index < -0.39 is 5.82 Å². The molecule has 1 aromatic carbocycles. The molecular formula is C18H25ClFN3O2. The number of hydrogen-bond donors (Lipinski definition) is 2. The molecule has 1 atom stereocenters. The first kappa shape index (κ1) is 19.7. The maximum Gasteiger partial charge on any atom is 0.256 e. The van der Waals surface area contributed by atoms with E-state index in [2.05, 4.69) is 10.6 Å². The van der Waals surface area contributed by atoms with Gasteiger partial charge in [-0.25, -0.2) is 4.39 Å². The first-order valence-corrected chi connectivity index (χ1v) is 8.61. The number of likely N-dealkylation sites (tertiary alicyclic amines) is 1. The number of nitrogens with zero attached hydrogens (tertiary/aromatic N) is 1. The van der Waals surface area contributed by atoms with E-state index in [1.807, 2.05) is 6.92 Å². The summed E-state index contributed by atoms with van der Waals surface area (Å²) in [7, 11) is 0. The van der Waals surface area contributed by atoms with Gasteiger partial charge in [0.15, 0.2) is 0 Å². The van der Waals surface area contributed by atoms with Crippen LogP contribution < -0.4 is 10.6 Å². The molecule has 5 nitrogen and oxygen atoms in total. The maximum atomic E-state index is 13.7. The van der Waals surface area contributed by atoms with Crippen LogP contribution in [0.25, 0.3) is 0 Å². The van der Waals surface area contributed by atoms with Gasteiger partial charge in [-0.3, -0.25) is 9.59 Å². The van der Waals surface area contributed by atoms with Crippen molar-refractivity contribution >= 4 is 24.2 Å². The van der Waals surface area contributed by atoms with Crippen molar-refractivity contribution in [2.45, 2.75) is 25.8 Å². The van der Waals surface area contributed by atoms with Gasteiger partial charge in [-0.1, -0.05) is 19.1 Å². The fourth-order valence-electron chi connectivity index (χ4n) is 3.24. The first-order valence-electron chi connectivity index (χ1n) is 8.61. The predicted molar refractivity (Wildman–Crippen MR) is 96.2 cm³/mol. The lowest BCUT2D eigenvalue weighted by atomic mass is 9.88. The van der Waals surface area contributed by atoms with Gasteiger partial charge in [0.25, 0.3) is 5.91 Å². The van der Waals surface area contributed by atoms with Gasteiger partial charge in [0.2, 0.25) is 5.91 Å². The minimum Gasteiger partial charge on any atom is -0.353 e. The van der Waals surface area contributed by atoms with Gasteiger partial charge in [-0.15, -0.1) is 12.4 Å². The molecule has 1 aromatic rings. The van der Waals surface area contributed by atoms with E-state index in [-0.39, 0.29) is 41.7 Å². The standard InChI is InChI=1S/C18H24FN3O2.ClH/c1-12(13-10-20-11-13)17(23)21-14-6-8-22(9-7-14)18(24)15-4-2-3-5-16(15)19;/h2-5,12-14,20H,6-11H2,1H3,(H,21,23);1H. The Kier molecular flexibility index (Phi) is 6.79. The Labute approximate surface area is 153 Å². The molecule has 0 aromatic heterocycles. The monoisotopic (exact) mass is 369 g/mol. The second-order valence-electron chi connectivity index (χ2n) is 6.76. The van der Waals surface area contributed by atoms with E-state index in [1.165, 1.54) is 12.1 Å². The fraction of sp³-hybridized carbons (Fsp3) is 0.556. The SMILES string of the molecule is CC(C(=O)NC1CCN(C(=O)c2ccccc2F)CC1)C1CNC1.Cl. The number of piperidine rings is 1. The Hall–Kier alpha value is -1.66. The van der Waals surface area contributed by atoms with Crippen LogP contribution in [0.3, 0.4) is 0 Å². The van der Waals surface area contributed by atoms with Crippen LogP contribution in [0.15, 0.2) is 24.3 Å². The Morgan fingerprint density at radius 3 is 2.44 bits per heavy atom. The summed E-state index contributed by atoms with van der Waals surface area (Å²) in [6.45, 7) is 4.86. The van der Waals surface area contributed by atoms with E-state index >= 15 is 0 Å². The van der Waals surface area contributed by atoms with Crippen molar-refractivity contribution < 1.29 is 14.0 Å². The molecule has 7 heteroatoms.